The zero-order chi connectivity index (χ0) is 13.1. The van der Waals surface area contributed by atoms with Crippen LogP contribution in [0.3, 0.4) is 0 Å². The van der Waals surface area contributed by atoms with Crippen molar-refractivity contribution in [2.24, 2.45) is 0 Å². The van der Waals surface area contributed by atoms with Crippen LogP contribution < -0.4 is 10.5 Å². The third-order valence-electron chi connectivity index (χ3n) is 3.43. The van der Waals surface area contributed by atoms with Crippen molar-refractivity contribution < 1.29 is 9.13 Å². The summed E-state index contributed by atoms with van der Waals surface area (Å²) in [6, 6.07) is 3.46. The summed E-state index contributed by atoms with van der Waals surface area (Å²) in [5, 5.41) is 0. The van der Waals surface area contributed by atoms with Gasteiger partial charge in [0.1, 0.15) is 11.6 Å². The lowest BCUT2D eigenvalue weighted by Gasteiger charge is -2.19. The molecule has 1 aromatic carbocycles. The van der Waals surface area contributed by atoms with E-state index in [2.05, 4.69) is 27.9 Å². The summed E-state index contributed by atoms with van der Waals surface area (Å²) in [6.45, 7) is 1.77. The van der Waals surface area contributed by atoms with E-state index < -0.39 is 0 Å². The fourth-order valence-electron chi connectivity index (χ4n) is 2.32. The summed E-state index contributed by atoms with van der Waals surface area (Å²) in [4.78, 5) is 2.35. The number of halogens is 2. The molecule has 2 rings (SSSR count). The number of ether oxygens (including phenoxy) is 1. The van der Waals surface area contributed by atoms with E-state index in [-0.39, 0.29) is 5.82 Å². The summed E-state index contributed by atoms with van der Waals surface area (Å²) >= 11 is 3.13. The second kappa shape index (κ2) is 5.89. The molecule has 5 heteroatoms. The Morgan fingerprint density at radius 3 is 3.00 bits per heavy atom. The van der Waals surface area contributed by atoms with Gasteiger partial charge in [0.15, 0.2) is 0 Å². The van der Waals surface area contributed by atoms with Crippen molar-refractivity contribution >= 4 is 21.6 Å². The molecule has 18 heavy (non-hydrogen) atoms. The molecule has 0 aliphatic carbocycles. The van der Waals surface area contributed by atoms with Crippen molar-refractivity contribution in [2.75, 3.05) is 25.9 Å². The van der Waals surface area contributed by atoms with E-state index in [1.807, 2.05) is 0 Å². The minimum atomic E-state index is -0.365. The molecule has 0 radical (unpaired) electrons. The Morgan fingerprint density at radius 1 is 1.56 bits per heavy atom. The number of anilines is 1. The van der Waals surface area contributed by atoms with Crippen LogP contribution in [0.15, 0.2) is 16.6 Å². The maximum atomic E-state index is 13.2. The standard InChI is InChI=1S/C13H18BrFN2O/c1-17-5-2-3-9(17)4-6-18-13-7-10(14)11(15)8-12(13)16/h7-9H,2-6,16H2,1H3. The van der Waals surface area contributed by atoms with Gasteiger partial charge in [-0.3, -0.25) is 0 Å². The van der Waals surface area contributed by atoms with Gasteiger partial charge < -0.3 is 15.4 Å². The van der Waals surface area contributed by atoms with Crippen LogP contribution >= 0.6 is 15.9 Å². The molecule has 1 fully saturated rings. The molecule has 0 spiro atoms. The molecular formula is C13H18BrFN2O. The van der Waals surface area contributed by atoms with Crippen molar-refractivity contribution in [3.8, 4) is 5.75 Å². The van der Waals surface area contributed by atoms with E-state index in [0.717, 1.165) is 13.0 Å². The molecule has 1 aromatic rings. The first-order valence-corrected chi connectivity index (χ1v) is 6.95. The largest absolute Gasteiger partial charge is 0.491 e. The predicted molar refractivity (Wildman–Crippen MR) is 74.3 cm³/mol. The fraction of sp³-hybridized carbons (Fsp3) is 0.538. The van der Waals surface area contributed by atoms with Crippen LogP contribution in [0.1, 0.15) is 19.3 Å². The van der Waals surface area contributed by atoms with Crippen LogP contribution in [0.2, 0.25) is 0 Å². The van der Waals surface area contributed by atoms with Crippen LogP contribution in [0, 0.1) is 5.82 Å². The normalized spacial score (nSPS) is 20.3. The maximum Gasteiger partial charge on any atom is 0.143 e. The van der Waals surface area contributed by atoms with Gasteiger partial charge >= 0.3 is 0 Å². The summed E-state index contributed by atoms with van der Waals surface area (Å²) in [5.74, 6) is 0.180. The number of hydrogen-bond acceptors (Lipinski definition) is 3. The molecule has 1 heterocycles. The molecule has 0 aromatic heterocycles. The average Bonchev–Trinajstić information content (AvgIpc) is 2.72. The van der Waals surface area contributed by atoms with Crippen molar-refractivity contribution in [3.63, 3.8) is 0 Å². The quantitative estimate of drug-likeness (QED) is 0.868. The molecule has 1 aliphatic heterocycles. The third kappa shape index (κ3) is 3.14. The van der Waals surface area contributed by atoms with E-state index in [0.29, 0.717) is 28.6 Å². The van der Waals surface area contributed by atoms with Gasteiger partial charge in [0.05, 0.1) is 16.8 Å². The molecule has 1 aliphatic rings. The van der Waals surface area contributed by atoms with Crippen LogP contribution in [0.5, 0.6) is 5.75 Å². The predicted octanol–water partition coefficient (Wildman–Crippen LogP) is 3.03. The summed E-state index contributed by atoms with van der Waals surface area (Å²) < 4.78 is 19.2. The first-order chi connectivity index (χ1) is 8.58. The van der Waals surface area contributed by atoms with Gasteiger partial charge in [-0.1, -0.05) is 0 Å². The van der Waals surface area contributed by atoms with Crippen LogP contribution in [-0.2, 0) is 0 Å². The molecule has 0 amide bonds. The third-order valence-corrected chi connectivity index (χ3v) is 4.04. The summed E-state index contributed by atoms with van der Waals surface area (Å²) in [5.41, 5.74) is 6.06. The average molecular weight is 317 g/mol. The van der Waals surface area contributed by atoms with Crippen LogP contribution in [0.4, 0.5) is 10.1 Å². The Hall–Kier alpha value is -0.810. The highest BCUT2D eigenvalue weighted by Gasteiger charge is 2.20. The Balaban J connectivity index is 1.88. The molecule has 1 atom stereocenters. The Morgan fingerprint density at radius 2 is 2.33 bits per heavy atom. The highest BCUT2D eigenvalue weighted by atomic mass is 79.9. The van der Waals surface area contributed by atoms with Gasteiger partial charge in [-0.25, -0.2) is 4.39 Å². The monoisotopic (exact) mass is 316 g/mol. The number of benzene rings is 1. The zero-order valence-corrected chi connectivity index (χ0v) is 12.0. The van der Waals surface area contributed by atoms with Gasteiger partial charge in [0.2, 0.25) is 0 Å². The number of nitrogen functional groups attached to an aromatic ring is 1. The Bertz CT molecular complexity index is 428. The lowest BCUT2D eigenvalue weighted by molar-refractivity contribution is 0.234. The Labute approximate surface area is 115 Å². The lowest BCUT2D eigenvalue weighted by atomic mass is 10.1. The summed E-state index contributed by atoms with van der Waals surface area (Å²) in [7, 11) is 2.14. The highest BCUT2D eigenvalue weighted by molar-refractivity contribution is 9.10. The SMILES string of the molecule is CN1CCCC1CCOc1cc(Br)c(F)cc1N. The van der Waals surface area contributed by atoms with Crippen molar-refractivity contribution in [3.05, 3.63) is 22.4 Å². The van der Waals surface area contributed by atoms with Crippen LogP contribution in [0.25, 0.3) is 0 Å². The molecule has 3 nitrogen and oxygen atoms in total. The highest BCUT2D eigenvalue weighted by Crippen LogP contribution is 2.29. The molecule has 2 N–H and O–H groups in total. The first-order valence-electron chi connectivity index (χ1n) is 6.15. The molecule has 100 valence electrons. The van der Waals surface area contributed by atoms with E-state index in [1.165, 1.54) is 18.9 Å². The number of likely N-dealkylation sites (tertiary alicyclic amines) is 1. The molecule has 0 saturated carbocycles. The maximum absolute atomic E-state index is 13.2. The number of rotatable bonds is 4. The van der Waals surface area contributed by atoms with Gasteiger partial charge in [0, 0.05) is 12.1 Å². The first kappa shape index (κ1) is 13.6. The van der Waals surface area contributed by atoms with Crippen LogP contribution in [-0.4, -0.2) is 31.1 Å². The van der Waals surface area contributed by atoms with E-state index in [1.54, 1.807) is 6.07 Å². The van der Waals surface area contributed by atoms with Gasteiger partial charge in [-0.05, 0) is 54.9 Å². The fourth-order valence-corrected chi connectivity index (χ4v) is 2.64. The number of hydrogen-bond donors (Lipinski definition) is 1. The second-order valence-electron chi connectivity index (χ2n) is 4.72. The summed E-state index contributed by atoms with van der Waals surface area (Å²) in [6.07, 6.45) is 3.46. The van der Waals surface area contributed by atoms with Crippen molar-refractivity contribution in [1.29, 1.82) is 0 Å². The van der Waals surface area contributed by atoms with Gasteiger partial charge in [-0.2, -0.15) is 0 Å². The van der Waals surface area contributed by atoms with Gasteiger partial charge in [0.25, 0.3) is 0 Å². The van der Waals surface area contributed by atoms with E-state index in [4.69, 9.17) is 10.5 Å². The smallest absolute Gasteiger partial charge is 0.143 e. The molecular weight excluding hydrogens is 299 g/mol. The lowest BCUT2D eigenvalue weighted by Crippen LogP contribution is -2.26. The zero-order valence-electron chi connectivity index (χ0n) is 10.5. The Kier molecular flexibility index (Phi) is 4.45. The van der Waals surface area contributed by atoms with Crippen molar-refractivity contribution in [1.82, 2.24) is 4.90 Å². The number of nitrogens with two attached hydrogens (primary N) is 1. The van der Waals surface area contributed by atoms with E-state index in [9.17, 15) is 4.39 Å². The van der Waals surface area contributed by atoms with E-state index >= 15 is 0 Å². The minimum Gasteiger partial charge on any atom is -0.491 e. The molecule has 1 saturated heterocycles. The molecule has 1 unspecified atom stereocenters. The second-order valence-corrected chi connectivity index (χ2v) is 5.57. The van der Waals surface area contributed by atoms with Crippen molar-refractivity contribution in [2.45, 2.75) is 25.3 Å². The minimum absolute atomic E-state index is 0.343. The topological polar surface area (TPSA) is 38.5 Å². The number of nitrogens with zero attached hydrogens (tertiary/aromatic N) is 1. The van der Waals surface area contributed by atoms with Gasteiger partial charge in [-0.15, -0.1) is 0 Å². The molecule has 0 bridgehead atoms.